The van der Waals surface area contributed by atoms with E-state index in [0.29, 0.717) is 18.7 Å². The molecule has 0 aliphatic heterocycles. The summed E-state index contributed by atoms with van der Waals surface area (Å²) in [5.41, 5.74) is 4.72. The van der Waals surface area contributed by atoms with Crippen LogP contribution < -0.4 is 4.74 Å². The minimum absolute atomic E-state index is 0.398. The van der Waals surface area contributed by atoms with Gasteiger partial charge in [0.15, 0.2) is 0 Å². The van der Waals surface area contributed by atoms with Gasteiger partial charge in [-0.1, -0.05) is 24.3 Å². The van der Waals surface area contributed by atoms with Crippen LogP contribution in [0.2, 0.25) is 0 Å². The molecule has 0 amide bonds. The molecular formula is C17H21NO2. The van der Waals surface area contributed by atoms with Gasteiger partial charge in [0.25, 0.3) is 0 Å². The number of aliphatic hydroxyl groups is 1. The van der Waals surface area contributed by atoms with Gasteiger partial charge in [-0.3, -0.25) is 0 Å². The van der Waals surface area contributed by atoms with E-state index in [9.17, 15) is 5.11 Å². The van der Waals surface area contributed by atoms with Crippen molar-refractivity contribution in [1.82, 2.24) is 4.98 Å². The van der Waals surface area contributed by atoms with Crippen molar-refractivity contribution in [2.24, 2.45) is 0 Å². The van der Waals surface area contributed by atoms with Crippen LogP contribution in [-0.4, -0.2) is 23.3 Å². The smallest absolute Gasteiger partial charge is 0.212 e. The van der Waals surface area contributed by atoms with Gasteiger partial charge in [-0.15, -0.1) is 0 Å². The fraction of sp³-hybridized carbons (Fsp3) is 0.353. The molecule has 1 aromatic carbocycles. The molecule has 0 saturated carbocycles. The molecule has 0 aliphatic rings. The van der Waals surface area contributed by atoms with Crippen LogP contribution in [-0.2, 0) is 12.8 Å². The molecular weight excluding hydrogens is 250 g/mol. The van der Waals surface area contributed by atoms with Crippen LogP contribution in [0.15, 0.2) is 36.5 Å². The number of hydrogen-bond donors (Lipinski definition) is 1. The molecule has 1 aromatic heterocycles. The lowest BCUT2D eigenvalue weighted by Crippen LogP contribution is -2.15. The van der Waals surface area contributed by atoms with E-state index < -0.39 is 6.10 Å². The molecule has 0 fully saturated rings. The van der Waals surface area contributed by atoms with Gasteiger partial charge < -0.3 is 9.84 Å². The lowest BCUT2D eigenvalue weighted by atomic mass is 9.95. The standard InChI is InChI=1S/C17H21NO2/c1-12-5-4-6-13(2)16(12)10-15(19)9-14-7-8-17(20-3)18-11-14/h4-8,11,15,19H,9-10H2,1-3H3. The second-order valence-electron chi connectivity index (χ2n) is 5.14. The van der Waals surface area contributed by atoms with Crippen molar-refractivity contribution in [2.75, 3.05) is 7.11 Å². The number of hydrogen-bond acceptors (Lipinski definition) is 3. The summed E-state index contributed by atoms with van der Waals surface area (Å²) in [6, 6.07) is 9.99. The normalized spacial score (nSPS) is 12.2. The minimum atomic E-state index is -0.398. The number of pyridine rings is 1. The number of methoxy groups -OCH3 is 1. The molecule has 3 heteroatoms. The molecule has 2 rings (SSSR count). The van der Waals surface area contributed by atoms with E-state index in [0.717, 1.165) is 5.56 Å². The molecule has 0 spiro atoms. The van der Waals surface area contributed by atoms with Gasteiger partial charge in [-0.05, 0) is 42.5 Å². The van der Waals surface area contributed by atoms with E-state index >= 15 is 0 Å². The molecule has 2 aromatic rings. The number of benzene rings is 1. The van der Waals surface area contributed by atoms with Gasteiger partial charge >= 0.3 is 0 Å². The number of aryl methyl sites for hydroxylation is 2. The summed E-state index contributed by atoms with van der Waals surface area (Å²) in [5.74, 6) is 0.595. The quantitative estimate of drug-likeness (QED) is 0.909. The van der Waals surface area contributed by atoms with Crippen molar-refractivity contribution in [3.05, 3.63) is 58.8 Å². The van der Waals surface area contributed by atoms with Crippen molar-refractivity contribution in [1.29, 1.82) is 0 Å². The van der Waals surface area contributed by atoms with Gasteiger partial charge in [-0.2, -0.15) is 0 Å². The zero-order valence-electron chi connectivity index (χ0n) is 12.3. The topological polar surface area (TPSA) is 42.4 Å². The molecule has 1 N–H and O–H groups in total. The maximum absolute atomic E-state index is 10.3. The Hall–Kier alpha value is -1.87. The molecule has 0 aliphatic carbocycles. The molecule has 1 atom stereocenters. The van der Waals surface area contributed by atoms with Crippen molar-refractivity contribution < 1.29 is 9.84 Å². The van der Waals surface area contributed by atoms with Crippen LogP contribution in [0.5, 0.6) is 5.88 Å². The Kier molecular flexibility index (Phi) is 4.74. The first-order valence-electron chi connectivity index (χ1n) is 6.82. The zero-order chi connectivity index (χ0) is 14.5. The first-order valence-corrected chi connectivity index (χ1v) is 6.82. The summed E-state index contributed by atoms with van der Waals surface area (Å²) < 4.78 is 5.03. The highest BCUT2D eigenvalue weighted by Gasteiger charge is 2.11. The zero-order valence-corrected chi connectivity index (χ0v) is 12.3. The van der Waals surface area contributed by atoms with E-state index in [-0.39, 0.29) is 0 Å². The monoisotopic (exact) mass is 271 g/mol. The van der Waals surface area contributed by atoms with E-state index in [1.54, 1.807) is 13.3 Å². The third-order valence-electron chi connectivity index (χ3n) is 3.56. The second kappa shape index (κ2) is 6.53. The predicted octanol–water partition coefficient (Wildman–Crippen LogP) is 2.85. The van der Waals surface area contributed by atoms with Crippen molar-refractivity contribution in [2.45, 2.75) is 32.8 Å². The summed E-state index contributed by atoms with van der Waals surface area (Å²) in [4.78, 5) is 4.16. The predicted molar refractivity (Wildman–Crippen MR) is 80.1 cm³/mol. The van der Waals surface area contributed by atoms with Crippen LogP contribution in [0.25, 0.3) is 0 Å². The summed E-state index contributed by atoms with van der Waals surface area (Å²) >= 11 is 0. The Labute approximate surface area is 120 Å². The highest BCUT2D eigenvalue weighted by Crippen LogP contribution is 2.17. The Morgan fingerprint density at radius 3 is 2.35 bits per heavy atom. The Bertz CT molecular complexity index is 543. The number of ether oxygens (including phenoxy) is 1. The largest absolute Gasteiger partial charge is 0.481 e. The second-order valence-corrected chi connectivity index (χ2v) is 5.14. The lowest BCUT2D eigenvalue weighted by Gasteiger charge is -2.15. The molecule has 1 heterocycles. The highest BCUT2D eigenvalue weighted by atomic mass is 16.5. The number of nitrogens with zero attached hydrogens (tertiary/aromatic N) is 1. The van der Waals surface area contributed by atoms with E-state index in [2.05, 4.69) is 31.0 Å². The maximum Gasteiger partial charge on any atom is 0.212 e. The van der Waals surface area contributed by atoms with Crippen LogP contribution in [0.4, 0.5) is 0 Å². The van der Waals surface area contributed by atoms with Crippen LogP contribution in [0.1, 0.15) is 22.3 Å². The maximum atomic E-state index is 10.3. The molecule has 0 radical (unpaired) electrons. The Balaban J connectivity index is 2.03. The van der Waals surface area contributed by atoms with Crippen molar-refractivity contribution in [3.63, 3.8) is 0 Å². The summed E-state index contributed by atoms with van der Waals surface area (Å²) in [6.07, 6.45) is 2.63. The van der Waals surface area contributed by atoms with E-state index in [4.69, 9.17) is 4.74 Å². The van der Waals surface area contributed by atoms with Gasteiger partial charge in [0.05, 0.1) is 13.2 Å². The van der Waals surface area contributed by atoms with Crippen LogP contribution >= 0.6 is 0 Å². The number of rotatable bonds is 5. The fourth-order valence-corrected chi connectivity index (χ4v) is 2.40. The highest BCUT2D eigenvalue weighted by molar-refractivity contribution is 5.34. The Morgan fingerprint density at radius 2 is 1.80 bits per heavy atom. The fourth-order valence-electron chi connectivity index (χ4n) is 2.40. The SMILES string of the molecule is COc1ccc(CC(O)Cc2c(C)cccc2C)cn1. The van der Waals surface area contributed by atoms with Crippen molar-refractivity contribution in [3.8, 4) is 5.88 Å². The third-order valence-corrected chi connectivity index (χ3v) is 3.56. The molecule has 3 nitrogen and oxygen atoms in total. The average molecular weight is 271 g/mol. The van der Waals surface area contributed by atoms with Gasteiger partial charge in [-0.25, -0.2) is 4.98 Å². The first kappa shape index (κ1) is 14.5. The van der Waals surface area contributed by atoms with Gasteiger partial charge in [0.1, 0.15) is 0 Å². The number of aliphatic hydroxyl groups excluding tert-OH is 1. The summed E-state index contributed by atoms with van der Waals surface area (Å²) in [7, 11) is 1.60. The van der Waals surface area contributed by atoms with Crippen LogP contribution in [0, 0.1) is 13.8 Å². The number of aromatic nitrogens is 1. The molecule has 0 bridgehead atoms. The molecule has 0 saturated heterocycles. The van der Waals surface area contributed by atoms with Gasteiger partial charge in [0.2, 0.25) is 5.88 Å². The summed E-state index contributed by atoms with van der Waals surface area (Å²) in [5, 5.41) is 10.3. The van der Waals surface area contributed by atoms with Crippen LogP contribution in [0.3, 0.4) is 0 Å². The van der Waals surface area contributed by atoms with E-state index in [1.165, 1.54) is 16.7 Å². The minimum Gasteiger partial charge on any atom is -0.481 e. The first-order chi connectivity index (χ1) is 9.60. The molecule has 106 valence electrons. The lowest BCUT2D eigenvalue weighted by molar-refractivity contribution is 0.175. The average Bonchev–Trinajstić information content (AvgIpc) is 2.44. The molecule has 20 heavy (non-hydrogen) atoms. The van der Waals surface area contributed by atoms with E-state index in [1.807, 2.05) is 18.2 Å². The third kappa shape index (κ3) is 3.58. The summed E-state index contributed by atoms with van der Waals surface area (Å²) in [6.45, 7) is 4.17. The van der Waals surface area contributed by atoms with Gasteiger partial charge in [0, 0.05) is 18.7 Å². The molecule has 1 unspecified atom stereocenters. The van der Waals surface area contributed by atoms with Crippen molar-refractivity contribution >= 4 is 0 Å². The Morgan fingerprint density at radius 1 is 1.10 bits per heavy atom.